The van der Waals surface area contributed by atoms with E-state index in [9.17, 15) is 0 Å². The molecule has 3 aliphatic heterocycles. The molecular weight excluding hydrogens is 334 g/mol. The zero-order valence-corrected chi connectivity index (χ0v) is 15.9. The Morgan fingerprint density at radius 3 is 2.63 bits per heavy atom. The van der Waals surface area contributed by atoms with Gasteiger partial charge in [0.15, 0.2) is 0 Å². The van der Waals surface area contributed by atoms with Crippen molar-refractivity contribution in [3.8, 4) is 5.75 Å². The number of aromatic nitrogens is 1. The van der Waals surface area contributed by atoms with Gasteiger partial charge in [0.2, 0.25) is 0 Å². The molecule has 3 fully saturated rings. The van der Waals surface area contributed by atoms with E-state index in [0.717, 1.165) is 12.3 Å². The van der Waals surface area contributed by atoms with Crippen molar-refractivity contribution >= 4 is 21.8 Å². The van der Waals surface area contributed by atoms with Gasteiger partial charge in [0, 0.05) is 54.5 Å². The lowest BCUT2D eigenvalue weighted by Crippen LogP contribution is -2.50. The summed E-state index contributed by atoms with van der Waals surface area (Å²) in [5, 5.41) is 2.55. The first kappa shape index (κ1) is 16.7. The second-order valence-electron chi connectivity index (χ2n) is 7.71. The number of nitrogens with zero attached hydrogens (tertiary/aromatic N) is 2. The Labute approximate surface area is 160 Å². The minimum absolute atomic E-state index is 0.183. The van der Waals surface area contributed by atoms with E-state index >= 15 is 0 Å². The molecule has 1 aromatic heterocycles. The molecule has 0 spiro atoms. The highest BCUT2D eigenvalue weighted by Gasteiger charge is 2.39. The summed E-state index contributed by atoms with van der Waals surface area (Å²) in [4.78, 5) is 2.49. The molecule has 27 heavy (non-hydrogen) atoms. The molecule has 2 aromatic carbocycles. The number of hydrogen-bond acceptors (Lipinski definition) is 3. The number of hydrogen-bond donors (Lipinski definition) is 1. The maximum absolute atomic E-state index is 6.58. The van der Waals surface area contributed by atoms with Crippen LogP contribution in [0, 0.1) is 5.92 Å². The first-order valence-corrected chi connectivity index (χ1v) is 10.1. The second kappa shape index (κ2) is 6.61. The molecule has 3 aliphatic rings. The van der Waals surface area contributed by atoms with Crippen LogP contribution in [0.5, 0.6) is 5.75 Å². The summed E-state index contributed by atoms with van der Waals surface area (Å²) in [6, 6.07) is 15.1. The molecule has 0 amide bonds. The van der Waals surface area contributed by atoms with Crippen LogP contribution in [0.25, 0.3) is 21.8 Å². The molecule has 4 heterocycles. The van der Waals surface area contributed by atoms with Crippen LogP contribution in [-0.4, -0.2) is 35.2 Å². The first-order valence-electron chi connectivity index (χ1n) is 10.1. The Kier molecular flexibility index (Phi) is 4.09. The van der Waals surface area contributed by atoms with Crippen molar-refractivity contribution in [1.29, 1.82) is 0 Å². The molecule has 1 atom stereocenters. The first-order chi connectivity index (χ1) is 13.3. The molecule has 2 bridgehead atoms. The van der Waals surface area contributed by atoms with Gasteiger partial charge in [-0.3, -0.25) is 0 Å². The van der Waals surface area contributed by atoms with Crippen molar-refractivity contribution < 1.29 is 4.74 Å². The predicted octanol–water partition coefficient (Wildman–Crippen LogP) is 4.13. The lowest BCUT2D eigenvalue weighted by Gasteiger charge is -2.47. The van der Waals surface area contributed by atoms with Gasteiger partial charge in [0.05, 0.1) is 11.2 Å². The molecule has 4 heteroatoms. The van der Waals surface area contributed by atoms with Crippen LogP contribution in [-0.2, 0) is 6.54 Å². The zero-order valence-electron chi connectivity index (χ0n) is 15.9. The average Bonchev–Trinajstić information content (AvgIpc) is 3.03. The fourth-order valence-electron chi connectivity index (χ4n) is 5.00. The summed E-state index contributed by atoms with van der Waals surface area (Å²) in [7, 11) is 0. The van der Waals surface area contributed by atoms with Gasteiger partial charge in [-0.25, -0.2) is 0 Å². The van der Waals surface area contributed by atoms with Crippen LogP contribution in [0.4, 0.5) is 0 Å². The van der Waals surface area contributed by atoms with E-state index < -0.39 is 0 Å². The predicted molar refractivity (Wildman–Crippen MR) is 111 cm³/mol. The molecule has 0 radical (unpaired) electrons. The van der Waals surface area contributed by atoms with E-state index in [1.54, 1.807) is 0 Å². The number of fused-ring (bicyclic) bond motifs is 6. The summed E-state index contributed by atoms with van der Waals surface area (Å²) in [6.45, 7) is 5.92. The summed E-state index contributed by atoms with van der Waals surface area (Å²) in [6.07, 6.45) is 4.89. The van der Waals surface area contributed by atoms with Gasteiger partial charge in [-0.05, 0) is 38.0 Å². The highest BCUT2D eigenvalue weighted by atomic mass is 16.5. The molecule has 6 rings (SSSR count). The third-order valence-corrected chi connectivity index (χ3v) is 6.28. The van der Waals surface area contributed by atoms with Crippen LogP contribution in [0.1, 0.15) is 19.8 Å². The standard InChI is InChI=1S/C23H27N3O/c1-2-20-23(16-9-12-25(20)13-10-16)27-17-7-8-19-18-5-3-4-6-21(18)26(14-11-24)22(19)15-17/h2-8,15-16,23H,9-14,24H2,1H3. The molecule has 3 aromatic rings. The summed E-state index contributed by atoms with van der Waals surface area (Å²) in [5.41, 5.74) is 9.72. The lowest BCUT2D eigenvalue weighted by atomic mass is 9.83. The maximum Gasteiger partial charge on any atom is 0.141 e. The summed E-state index contributed by atoms with van der Waals surface area (Å²) < 4.78 is 8.90. The molecule has 140 valence electrons. The van der Waals surface area contributed by atoms with E-state index in [1.165, 1.54) is 53.4 Å². The monoisotopic (exact) mass is 361 g/mol. The van der Waals surface area contributed by atoms with Crippen molar-refractivity contribution in [2.24, 2.45) is 11.7 Å². The van der Waals surface area contributed by atoms with E-state index in [4.69, 9.17) is 10.5 Å². The van der Waals surface area contributed by atoms with Crippen molar-refractivity contribution in [3.63, 3.8) is 0 Å². The van der Waals surface area contributed by atoms with Gasteiger partial charge in [-0.15, -0.1) is 0 Å². The van der Waals surface area contributed by atoms with Gasteiger partial charge < -0.3 is 19.9 Å². The third kappa shape index (κ3) is 2.62. The quantitative estimate of drug-likeness (QED) is 0.760. The number of ether oxygens (including phenoxy) is 1. The lowest BCUT2D eigenvalue weighted by molar-refractivity contribution is 0.0352. The number of para-hydroxylation sites is 1. The number of allylic oxidation sites excluding steroid dienone is 1. The van der Waals surface area contributed by atoms with Gasteiger partial charge in [0.1, 0.15) is 11.9 Å². The SMILES string of the molecule is CC=C1C(Oc2ccc3c4ccccc4n(CCN)c3c2)C2CCN1CC2. The number of rotatable bonds is 4. The van der Waals surface area contributed by atoms with E-state index in [1.807, 2.05) is 0 Å². The van der Waals surface area contributed by atoms with E-state index in [0.29, 0.717) is 12.5 Å². The molecule has 2 N–H and O–H groups in total. The number of piperidine rings is 3. The third-order valence-electron chi connectivity index (χ3n) is 6.28. The van der Waals surface area contributed by atoms with Gasteiger partial charge >= 0.3 is 0 Å². The number of nitrogens with two attached hydrogens (primary N) is 1. The fraction of sp³-hybridized carbons (Fsp3) is 0.391. The van der Waals surface area contributed by atoms with Crippen LogP contribution < -0.4 is 10.5 Å². The normalized spacial score (nSPS) is 23.6. The Balaban J connectivity index is 1.56. The largest absolute Gasteiger partial charge is 0.484 e. The zero-order chi connectivity index (χ0) is 18.4. The minimum atomic E-state index is 0.183. The highest BCUT2D eigenvalue weighted by molar-refractivity contribution is 6.08. The number of benzene rings is 2. The smallest absolute Gasteiger partial charge is 0.141 e. The average molecular weight is 361 g/mol. The Morgan fingerprint density at radius 2 is 1.85 bits per heavy atom. The van der Waals surface area contributed by atoms with Gasteiger partial charge in [-0.2, -0.15) is 0 Å². The van der Waals surface area contributed by atoms with Crippen molar-refractivity contribution in [1.82, 2.24) is 9.47 Å². The van der Waals surface area contributed by atoms with Crippen LogP contribution in [0.2, 0.25) is 0 Å². The van der Waals surface area contributed by atoms with Crippen LogP contribution in [0.15, 0.2) is 54.2 Å². The summed E-state index contributed by atoms with van der Waals surface area (Å²) in [5.74, 6) is 1.59. The Bertz CT molecular complexity index is 1010. The molecule has 0 aliphatic carbocycles. The minimum Gasteiger partial charge on any atom is -0.484 e. The van der Waals surface area contributed by atoms with Gasteiger partial charge in [-0.1, -0.05) is 24.3 Å². The Morgan fingerprint density at radius 1 is 1.07 bits per heavy atom. The van der Waals surface area contributed by atoms with Gasteiger partial charge in [0.25, 0.3) is 0 Å². The highest BCUT2D eigenvalue weighted by Crippen LogP contribution is 2.38. The van der Waals surface area contributed by atoms with Crippen LogP contribution >= 0.6 is 0 Å². The van der Waals surface area contributed by atoms with Crippen molar-refractivity contribution in [3.05, 3.63) is 54.2 Å². The molecular formula is C23H27N3O. The molecule has 3 saturated heterocycles. The Hall–Kier alpha value is -2.46. The summed E-state index contributed by atoms with van der Waals surface area (Å²) >= 11 is 0. The van der Waals surface area contributed by atoms with E-state index in [2.05, 4.69) is 64.9 Å². The van der Waals surface area contributed by atoms with Crippen molar-refractivity contribution in [2.45, 2.75) is 32.4 Å². The second-order valence-corrected chi connectivity index (χ2v) is 7.71. The maximum atomic E-state index is 6.58. The van der Waals surface area contributed by atoms with Crippen LogP contribution in [0.3, 0.4) is 0 Å². The van der Waals surface area contributed by atoms with Crippen molar-refractivity contribution in [2.75, 3.05) is 19.6 Å². The molecule has 1 unspecified atom stereocenters. The molecule has 4 nitrogen and oxygen atoms in total. The molecule has 0 saturated carbocycles. The topological polar surface area (TPSA) is 43.4 Å². The fourth-order valence-corrected chi connectivity index (χ4v) is 5.00. The van der Waals surface area contributed by atoms with E-state index in [-0.39, 0.29) is 6.10 Å².